The van der Waals surface area contributed by atoms with Crippen molar-refractivity contribution in [2.45, 2.75) is 129 Å². The number of hydroxylamine groups is 2. The molecule has 0 aromatic heterocycles. The van der Waals surface area contributed by atoms with Crippen molar-refractivity contribution in [2.75, 3.05) is 13.3 Å². The fourth-order valence-corrected chi connectivity index (χ4v) is 3.74. The Kier molecular flexibility index (Phi) is 13.8. The molecule has 0 saturated carbocycles. The Balaban J connectivity index is 2.15. The molecule has 1 aliphatic heterocycles. The minimum absolute atomic E-state index is 0.0255. The fraction of sp³-hybridized carbons (Fsp3) is 0.957. The molecular formula is C23H45NO4. The van der Waals surface area contributed by atoms with Gasteiger partial charge in [0.25, 0.3) is 0 Å². The standard InChI is InChI=1S/C23H45NO4/c1-4-5-6-13-16-21(28-24-20-27-19-23(24,2)3)17-14-11-9-7-8-10-12-15-18-22(25)26/h21H,4-20H2,1-3H3,(H,25,26). The van der Waals surface area contributed by atoms with Crippen LogP contribution in [0.15, 0.2) is 0 Å². The van der Waals surface area contributed by atoms with Crippen LogP contribution in [0.4, 0.5) is 0 Å². The summed E-state index contributed by atoms with van der Waals surface area (Å²) in [6.45, 7) is 7.95. The van der Waals surface area contributed by atoms with Gasteiger partial charge in [-0.3, -0.25) is 9.63 Å². The highest BCUT2D eigenvalue weighted by Crippen LogP contribution is 2.26. The quantitative estimate of drug-likeness (QED) is 0.274. The molecule has 1 rings (SSSR count). The van der Waals surface area contributed by atoms with Gasteiger partial charge in [-0.1, -0.05) is 77.6 Å². The number of nitrogens with zero attached hydrogens (tertiary/aromatic N) is 1. The first-order valence-corrected chi connectivity index (χ1v) is 11.7. The number of carboxylic acids is 1. The molecule has 0 amide bonds. The van der Waals surface area contributed by atoms with Crippen molar-refractivity contribution in [1.82, 2.24) is 5.06 Å². The minimum Gasteiger partial charge on any atom is -0.481 e. The molecule has 1 heterocycles. The van der Waals surface area contributed by atoms with Crippen LogP contribution in [0.2, 0.25) is 0 Å². The van der Waals surface area contributed by atoms with Crippen LogP contribution in [0.5, 0.6) is 0 Å². The van der Waals surface area contributed by atoms with Crippen LogP contribution in [0.3, 0.4) is 0 Å². The number of ether oxygens (including phenoxy) is 1. The number of unbranched alkanes of at least 4 members (excludes halogenated alkanes) is 10. The van der Waals surface area contributed by atoms with Gasteiger partial charge >= 0.3 is 5.97 Å². The molecule has 1 aliphatic rings. The number of hydrogen-bond donors (Lipinski definition) is 1. The molecule has 0 bridgehead atoms. The summed E-state index contributed by atoms with van der Waals surface area (Å²) in [6.07, 6.45) is 17.4. The highest BCUT2D eigenvalue weighted by atomic mass is 16.7. The van der Waals surface area contributed by atoms with E-state index >= 15 is 0 Å². The molecule has 0 aromatic carbocycles. The van der Waals surface area contributed by atoms with Crippen LogP contribution in [0, 0.1) is 0 Å². The van der Waals surface area contributed by atoms with Gasteiger partial charge in [-0.05, 0) is 33.1 Å². The van der Waals surface area contributed by atoms with E-state index in [-0.39, 0.29) is 5.54 Å². The van der Waals surface area contributed by atoms with E-state index in [1.807, 2.05) is 0 Å². The molecule has 28 heavy (non-hydrogen) atoms. The molecule has 0 aliphatic carbocycles. The summed E-state index contributed by atoms with van der Waals surface area (Å²) in [7, 11) is 0. The third-order valence-corrected chi connectivity index (χ3v) is 5.66. The Morgan fingerprint density at radius 3 is 2.00 bits per heavy atom. The summed E-state index contributed by atoms with van der Waals surface area (Å²) in [4.78, 5) is 16.8. The highest BCUT2D eigenvalue weighted by Gasteiger charge is 2.35. The van der Waals surface area contributed by atoms with E-state index in [4.69, 9.17) is 14.7 Å². The maximum atomic E-state index is 10.5. The Morgan fingerprint density at radius 2 is 1.50 bits per heavy atom. The summed E-state index contributed by atoms with van der Waals surface area (Å²) in [6, 6.07) is 0. The first-order valence-electron chi connectivity index (χ1n) is 11.7. The zero-order valence-electron chi connectivity index (χ0n) is 18.7. The molecule has 5 nitrogen and oxygen atoms in total. The summed E-state index contributed by atoms with van der Waals surface area (Å²) in [5, 5.41) is 10.7. The SMILES string of the molecule is CCCCCCC(CCCCCCCCCCC(=O)O)ON1COCC1(C)C. The number of carbonyl (C=O) groups is 1. The highest BCUT2D eigenvalue weighted by molar-refractivity contribution is 5.66. The fourth-order valence-electron chi connectivity index (χ4n) is 3.74. The van der Waals surface area contributed by atoms with E-state index in [0.717, 1.165) is 32.3 Å². The number of carboxylic acid groups (broad SMARTS) is 1. The molecule has 1 saturated heterocycles. The lowest BCUT2D eigenvalue weighted by molar-refractivity contribution is -0.238. The second kappa shape index (κ2) is 15.2. The molecule has 1 unspecified atom stereocenters. The van der Waals surface area contributed by atoms with Gasteiger partial charge < -0.3 is 9.84 Å². The minimum atomic E-state index is -0.671. The zero-order valence-corrected chi connectivity index (χ0v) is 18.7. The maximum absolute atomic E-state index is 10.5. The molecule has 0 radical (unpaired) electrons. The van der Waals surface area contributed by atoms with Gasteiger partial charge in [0, 0.05) is 6.42 Å². The van der Waals surface area contributed by atoms with E-state index in [1.54, 1.807) is 0 Å². The smallest absolute Gasteiger partial charge is 0.303 e. The number of rotatable bonds is 18. The van der Waals surface area contributed by atoms with E-state index in [9.17, 15) is 4.79 Å². The molecule has 1 atom stereocenters. The van der Waals surface area contributed by atoms with Gasteiger partial charge in [0.15, 0.2) is 0 Å². The predicted octanol–water partition coefficient (Wildman–Crippen LogP) is 6.31. The van der Waals surface area contributed by atoms with Crippen LogP contribution >= 0.6 is 0 Å². The van der Waals surface area contributed by atoms with Gasteiger partial charge in [0.2, 0.25) is 0 Å². The summed E-state index contributed by atoms with van der Waals surface area (Å²) in [5.74, 6) is -0.671. The molecule has 0 spiro atoms. The van der Waals surface area contributed by atoms with Crippen molar-refractivity contribution in [3.63, 3.8) is 0 Å². The molecule has 166 valence electrons. The Morgan fingerprint density at radius 1 is 0.964 bits per heavy atom. The Labute approximate surface area is 173 Å². The largest absolute Gasteiger partial charge is 0.481 e. The first-order chi connectivity index (χ1) is 13.5. The molecule has 1 N–H and O–H groups in total. The third-order valence-electron chi connectivity index (χ3n) is 5.66. The van der Waals surface area contributed by atoms with Gasteiger partial charge in [0.1, 0.15) is 6.73 Å². The molecular weight excluding hydrogens is 354 g/mol. The van der Waals surface area contributed by atoms with Crippen molar-refractivity contribution in [1.29, 1.82) is 0 Å². The third kappa shape index (κ3) is 12.0. The number of aliphatic carboxylic acids is 1. The molecule has 5 heteroatoms. The molecule has 1 fully saturated rings. The van der Waals surface area contributed by atoms with Crippen LogP contribution in [-0.4, -0.2) is 41.1 Å². The van der Waals surface area contributed by atoms with Crippen molar-refractivity contribution in [3.05, 3.63) is 0 Å². The van der Waals surface area contributed by atoms with Crippen LogP contribution in [-0.2, 0) is 14.4 Å². The number of hydrogen-bond acceptors (Lipinski definition) is 4. The van der Waals surface area contributed by atoms with Crippen LogP contribution in [0.25, 0.3) is 0 Å². The normalized spacial score (nSPS) is 17.8. The Bertz CT molecular complexity index is 400. The maximum Gasteiger partial charge on any atom is 0.303 e. The van der Waals surface area contributed by atoms with Crippen molar-refractivity contribution < 1.29 is 19.5 Å². The lowest BCUT2D eigenvalue weighted by atomic mass is 10.0. The average molecular weight is 400 g/mol. The topological polar surface area (TPSA) is 59.0 Å². The first kappa shape index (κ1) is 25.4. The predicted molar refractivity (Wildman–Crippen MR) is 114 cm³/mol. The monoisotopic (exact) mass is 399 g/mol. The Hall–Kier alpha value is -0.650. The van der Waals surface area contributed by atoms with Crippen molar-refractivity contribution >= 4 is 5.97 Å². The summed E-state index contributed by atoms with van der Waals surface area (Å²) in [5.41, 5.74) is -0.0255. The zero-order chi connectivity index (χ0) is 20.7. The summed E-state index contributed by atoms with van der Waals surface area (Å²) >= 11 is 0. The van der Waals surface area contributed by atoms with Gasteiger partial charge in [0.05, 0.1) is 18.2 Å². The van der Waals surface area contributed by atoms with E-state index in [0.29, 0.717) is 19.3 Å². The average Bonchev–Trinajstić information content (AvgIpc) is 2.97. The van der Waals surface area contributed by atoms with Crippen LogP contribution in [0.1, 0.15) is 117 Å². The van der Waals surface area contributed by atoms with Gasteiger partial charge in [-0.2, -0.15) is 5.06 Å². The molecule has 0 aromatic rings. The van der Waals surface area contributed by atoms with Gasteiger partial charge in [-0.25, -0.2) is 0 Å². The summed E-state index contributed by atoms with van der Waals surface area (Å²) < 4.78 is 5.60. The van der Waals surface area contributed by atoms with Crippen molar-refractivity contribution in [3.8, 4) is 0 Å². The lowest BCUT2D eigenvalue weighted by Gasteiger charge is -2.32. The van der Waals surface area contributed by atoms with E-state index in [2.05, 4.69) is 25.8 Å². The van der Waals surface area contributed by atoms with E-state index in [1.165, 1.54) is 64.2 Å². The second-order valence-corrected chi connectivity index (χ2v) is 9.01. The van der Waals surface area contributed by atoms with E-state index < -0.39 is 5.97 Å². The van der Waals surface area contributed by atoms with Gasteiger partial charge in [-0.15, -0.1) is 0 Å². The van der Waals surface area contributed by atoms with Crippen LogP contribution < -0.4 is 0 Å². The lowest BCUT2D eigenvalue weighted by Crippen LogP contribution is -2.42. The van der Waals surface area contributed by atoms with Crippen molar-refractivity contribution in [2.24, 2.45) is 0 Å². The second-order valence-electron chi connectivity index (χ2n) is 9.01.